The quantitative estimate of drug-likeness (QED) is 0.0405. The zero-order valence-electron chi connectivity index (χ0n) is 79.4. The van der Waals surface area contributed by atoms with E-state index in [4.69, 9.17) is 172 Å². The summed E-state index contributed by atoms with van der Waals surface area (Å²) in [7, 11) is 0. The maximum absolute atomic E-state index is 14.0. The van der Waals surface area contributed by atoms with Gasteiger partial charge in [-0.15, -0.1) is 6.42 Å². The topological polar surface area (TPSA) is 664 Å². The Morgan fingerprint density at radius 1 is 0.171 bits per heavy atom. The highest BCUT2D eigenvalue weighted by atomic mass is 16.8. The molecule has 35 atom stereocenters. The van der Waals surface area contributed by atoms with Gasteiger partial charge in [0.25, 0.3) is 0 Å². The summed E-state index contributed by atoms with van der Waals surface area (Å²) in [5.74, 6) is -22.3. The van der Waals surface area contributed by atoms with Gasteiger partial charge in [-0.1, -0.05) is 5.92 Å². The van der Waals surface area contributed by atoms with Gasteiger partial charge in [0, 0.05) is 138 Å². The van der Waals surface area contributed by atoms with E-state index in [0.717, 1.165) is 138 Å². The highest BCUT2D eigenvalue weighted by Crippen LogP contribution is 2.45. The van der Waals surface area contributed by atoms with Crippen LogP contribution in [0.15, 0.2) is 0 Å². The van der Waals surface area contributed by atoms with Crippen LogP contribution in [0.25, 0.3) is 0 Å². The largest absolute Gasteiger partial charge is 0.463 e. The van der Waals surface area contributed by atoms with Crippen molar-refractivity contribution in [2.24, 2.45) is 0 Å². The van der Waals surface area contributed by atoms with Crippen molar-refractivity contribution in [1.29, 1.82) is 0 Å². The van der Waals surface area contributed by atoms with Gasteiger partial charge in [0.2, 0.25) is 0 Å². The van der Waals surface area contributed by atoms with E-state index in [1.54, 1.807) is 0 Å². The monoisotopic (exact) mass is 2010 g/mol. The van der Waals surface area contributed by atoms with E-state index in [1.807, 2.05) is 0 Å². The average Bonchev–Trinajstić information content (AvgIpc) is 0.779. The predicted octanol–water partition coefficient (Wildman–Crippen LogP) is -3.16. The molecule has 0 aromatic heterocycles. The van der Waals surface area contributed by atoms with Crippen LogP contribution in [-0.4, -0.2) is 387 Å². The maximum Gasteiger partial charge on any atom is 0.303 e. The number of terminal acetylenes is 1. The maximum atomic E-state index is 14.0. The van der Waals surface area contributed by atoms with E-state index in [-0.39, 0.29) is 0 Å². The number of rotatable bonds is 29. The fourth-order valence-electron chi connectivity index (χ4n) is 16.0. The van der Waals surface area contributed by atoms with Crippen LogP contribution >= 0.6 is 0 Å². The fraction of sp³-hybridized carbons (Fsp3) is 0.741. The molecule has 0 aliphatic carbocycles. The van der Waals surface area contributed by atoms with E-state index >= 15 is 0 Å². The first-order valence-electron chi connectivity index (χ1n) is 43.2. The number of hydrogen-bond acceptors (Lipinski definition) is 55. The molecule has 14 bridgehead atoms. The summed E-state index contributed by atoms with van der Waals surface area (Å²) in [5, 5.41) is 0. The van der Waals surface area contributed by atoms with Crippen LogP contribution in [0.2, 0.25) is 0 Å². The summed E-state index contributed by atoms with van der Waals surface area (Å²) in [6.45, 7) is 8.26. The number of carbonyl (C=O) groups is 20. The van der Waals surface area contributed by atoms with Crippen LogP contribution in [0.1, 0.15) is 138 Å². The Morgan fingerprint density at radius 2 is 0.286 bits per heavy atom. The lowest BCUT2D eigenvalue weighted by Crippen LogP contribution is -2.70. The van der Waals surface area contributed by atoms with Gasteiger partial charge in [-0.3, -0.25) is 95.9 Å². The Balaban J connectivity index is 1.51. The smallest absolute Gasteiger partial charge is 0.303 e. The van der Waals surface area contributed by atoms with Crippen molar-refractivity contribution in [1.82, 2.24) is 0 Å². The van der Waals surface area contributed by atoms with E-state index in [1.165, 1.54) is 0 Å². The highest BCUT2D eigenvalue weighted by Gasteiger charge is 2.66. The molecule has 0 N–H and O–H groups in total. The van der Waals surface area contributed by atoms with E-state index in [9.17, 15) is 95.9 Å². The molecular formula is C85H112O55. The molecule has 0 unspecified atom stereocenters. The molecule has 21 rings (SSSR count). The second-order valence-corrected chi connectivity index (χ2v) is 32.1. The van der Waals surface area contributed by atoms with Crippen molar-refractivity contribution < 1.29 is 262 Å². The molecule has 21 aliphatic rings. The molecule has 0 aromatic carbocycles. The molecule has 782 valence electrons. The first-order chi connectivity index (χ1) is 65.8. The molecule has 21 aliphatic heterocycles. The van der Waals surface area contributed by atoms with Gasteiger partial charge < -0.3 is 166 Å². The molecule has 0 radical (unpaired) electrons. The van der Waals surface area contributed by atoms with Crippen molar-refractivity contribution in [3.63, 3.8) is 0 Å². The number of hydrogen-bond donors (Lipinski definition) is 0. The highest BCUT2D eigenvalue weighted by molar-refractivity contribution is 5.73. The third-order valence-electron chi connectivity index (χ3n) is 20.6. The molecule has 21 heterocycles. The summed E-state index contributed by atoms with van der Waals surface area (Å²) < 4.78 is 216. The van der Waals surface area contributed by atoms with Crippen molar-refractivity contribution in [2.75, 3.05) is 52.9 Å². The second kappa shape index (κ2) is 52.2. The first-order valence-corrected chi connectivity index (χ1v) is 43.2. The van der Waals surface area contributed by atoms with Crippen molar-refractivity contribution in [2.45, 2.75) is 353 Å². The van der Waals surface area contributed by atoms with Gasteiger partial charge in [-0.25, -0.2) is 0 Å². The lowest BCUT2D eigenvalue weighted by Gasteiger charge is -2.52. The normalized spacial score (nSPS) is 34.6. The van der Waals surface area contributed by atoms with Crippen LogP contribution in [0.3, 0.4) is 0 Å². The molecule has 21 saturated heterocycles. The minimum Gasteiger partial charge on any atom is -0.463 e. The Hall–Kier alpha value is -11.6. The third kappa shape index (κ3) is 32.5. The van der Waals surface area contributed by atoms with Gasteiger partial charge in [-0.2, -0.15) is 0 Å². The van der Waals surface area contributed by atoms with Crippen LogP contribution in [-0.2, 0) is 262 Å². The molecule has 140 heavy (non-hydrogen) atoms. The van der Waals surface area contributed by atoms with Gasteiger partial charge in [-0.05, 0) is 0 Å². The number of esters is 20. The van der Waals surface area contributed by atoms with Crippen molar-refractivity contribution in [3.8, 4) is 12.3 Å². The van der Waals surface area contributed by atoms with Gasteiger partial charge in [0.15, 0.2) is 123 Å². The summed E-state index contributed by atoms with van der Waals surface area (Å²) in [4.78, 5) is 274. The molecule has 0 amide bonds. The van der Waals surface area contributed by atoms with Gasteiger partial charge in [0.1, 0.15) is 144 Å². The van der Waals surface area contributed by atoms with Gasteiger partial charge in [0.05, 0.1) is 0 Å². The first kappa shape index (κ1) is 114. The lowest BCUT2D eigenvalue weighted by molar-refractivity contribution is -0.397. The molecule has 21 fully saturated rings. The molecule has 0 spiro atoms. The molecule has 55 heteroatoms. The molecule has 0 aromatic rings. The standard InChI is InChI=1S/C85H112O55/c1-22-23-106-65-58-51(24-107-31(2)86)127-79(72(65)120-44(15)99)135-59-52(25-108-32(3)87)129-81(74(122-46(17)101)66(59)114-38(9)93)137-61-54(27-110-34(5)89)131-83(76(124-48(19)103)68(61)116-40(11)95)139-63-56(29-112-36(7)91)133-85(78(126-50(21)105)70(63)118-42(13)97)140-64-57(30-113-37(8)92)132-84(77(125-49(20)104)71(64)119-43(14)98)138-62-55(28-111-35(6)90)130-82(75(123-47(18)102)69(62)117-41(12)96)136-60-53(26-109-33(4)88)128-80(134-58)73(121-45(16)100)67(60)115-39(10)94/h1,51-85H,23-30H2,2-21H3/t51-,52-,53-,54-,55-,56-,57-,58-,59-,60-,61-,62-,63-,64-,65+,66+,67+,68+,69+,70+,71+,72-,73-,74-,75-,76-,77-,78-,79-,80-,81-,82-,83-,84-,85-/m1/s1. The second-order valence-electron chi connectivity index (χ2n) is 32.1. The van der Waals surface area contributed by atoms with E-state index in [0.29, 0.717) is 0 Å². The third-order valence-corrected chi connectivity index (χ3v) is 20.6. The molecule has 0 saturated carbocycles. The number of carbonyl (C=O) groups excluding carboxylic acids is 20. The van der Waals surface area contributed by atoms with Crippen LogP contribution in [0.5, 0.6) is 0 Å². The minimum atomic E-state index is -2.46. The summed E-state index contributed by atoms with van der Waals surface area (Å²) >= 11 is 0. The summed E-state index contributed by atoms with van der Waals surface area (Å²) in [6, 6.07) is 0. The van der Waals surface area contributed by atoms with E-state index < -0.39 is 387 Å². The van der Waals surface area contributed by atoms with Crippen molar-refractivity contribution >= 4 is 119 Å². The summed E-state index contributed by atoms with van der Waals surface area (Å²) in [5.41, 5.74) is 0. The zero-order chi connectivity index (χ0) is 104. The Morgan fingerprint density at radius 3 is 0.400 bits per heavy atom. The van der Waals surface area contributed by atoms with Crippen LogP contribution in [0.4, 0.5) is 0 Å². The zero-order valence-corrected chi connectivity index (χ0v) is 79.4. The Kier molecular flexibility index (Phi) is 42.4. The lowest BCUT2D eigenvalue weighted by atomic mass is 9.94. The summed E-state index contributed by atoms with van der Waals surface area (Å²) in [6.07, 6.45) is -74.2. The molecule has 55 nitrogen and oxygen atoms in total. The van der Waals surface area contributed by atoms with Crippen LogP contribution in [0, 0.1) is 12.3 Å². The minimum absolute atomic E-state index is 0.797. The fourth-order valence-corrected chi connectivity index (χ4v) is 16.0. The average molecular weight is 2010 g/mol. The van der Waals surface area contributed by atoms with E-state index in [2.05, 4.69) is 5.92 Å². The van der Waals surface area contributed by atoms with Gasteiger partial charge >= 0.3 is 119 Å². The number of ether oxygens (including phenoxy) is 35. The Labute approximate surface area is 797 Å². The van der Waals surface area contributed by atoms with Crippen LogP contribution < -0.4 is 0 Å². The van der Waals surface area contributed by atoms with Crippen molar-refractivity contribution in [3.05, 3.63) is 0 Å². The Bertz CT molecular complexity index is 4350. The SMILES string of the molecule is C#CCO[C@@H]1[C@@H](OC(C)=O)[C@H]2O[C@H]3[C@H](OC(C)=O)[C@@H](OC(C)=O)[C@@H](O[C@H]4[C@H](OC(C)=O)[C@@H](OC(C)=O)[C@@H](O[C@H]5[C@H](OC(C)=O)[C@@H](OC(C)=O)[C@@H](O[C@H]6[C@H](OC(C)=O)[C@@H](OC(C)=O)[C@@H](O[C@H]7[C@H](OC(C)=O)[C@@H](OC(C)=O)[C@@H](O[C@H]8[C@H](OC(C)=O)[C@@H](OC(C)=O)[C@@H](O[C@@H]1[C@@H](COC(C)=O)O2)O[C@@H]8COC(C)=O)O[C@@H]7COC(C)=O)O[C@@H]6COC(C)=O)O[C@@H]5COC(C)=O)O[C@@H]4COC(C)=O)O[C@@H]3COC(C)=O. The predicted molar refractivity (Wildman–Crippen MR) is 432 cm³/mol. The molecular weight excluding hydrogens is 1900 g/mol.